The first kappa shape index (κ1) is 25.9. The van der Waals surface area contributed by atoms with Gasteiger partial charge in [-0.1, -0.05) is 24.5 Å². The number of nitrogens with zero attached hydrogens (tertiary/aromatic N) is 2. The van der Waals surface area contributed by atoms with Crippen LogP contribution in [0.4, 0.5) is 0 Å². The van der Waals surface area contributed by atoms with Crippen LogP contribution in [0.15, 0.2) is 12.2 Å². The molecule has 0 aromatic heterocycles. The van der Waals surface area contributed by atoms with E-state index in [1.807, 2.05) is 0 Å². The summed E-state index contributed by atoms with van der Waals surface area (Å²) in [5.41, 5.74) is 0. The molecule has 0 radical (unpaired) electrons. The summed E-state index contributed by atoms with van der Waals surface area (Å²) < 4.78 is 5.22. The van der Waals surface area contributed by atoms with Gasteiger partial charge in [-0.25, -0.2) is 0 Å². The minimum absolute atomic E-state index is 0.0185. The highest BCUT2D eigenvalue weighted by Gasteiger charge is 2.58. The number of imide groups is 1. The van der Waals surface area contributed by atoms with Gasteiger partial charge < -0.3 is 15.0 Å². The third-order valence-electron chi connectivity index (χ3n) is 6.89. The molecule has 9 nitrogen and oxygen atoms in total. The average Bonchev–Trinajstić information content (AvgIpc) is 3.51. The van der Waals surface area contributed by atoms with Gasteiger partial charge in [0.15, 0.2) is 0 Å². The highest BCUT2D eigenvalue weighted by Crippen LogP contribution is 2.52. The standard InChI is InChI=1S/C25H36N4O5/c1-3-12-28(14-10-20(30)27-11-15-34-17-26-2)21(31)7-5-4-6-13-29-24(32)22-18-8-9-19(16-18)23(22)25(29)33/h1,8-9,18-19,22-23,26H,4-7,10-17H2,2H3,(H,27,30)/t18-,19+,22+,23-. The molecular formula is C25H36N4O5. The number of carbonyl (C=O) groups is 4. The maximum atomic E-state index is 12.7. The molecule has 4 atom stereocenters. The molecule has 2 bridgehead atoms. The molecule has 34 heavy (non-hydrogen) atoms. The second-order valence-electron chi connectivity index (χ2n) is 9.16. The van der Waals surface area contributed by atoms with E-state index in [0.717, 1.165) is 12.8 Å². The number of terminal acetylenes is 1. The molecule has 0 aromatic rings. The van der Waals surface area contributed by atoms with E-state index in [0.29, 0.717) is 45.7 Å². The number of carbonyl (C=O) groups excluding carboxylic acids is 4. The minimum atomic E-state index is -0.156. The molecule has 2 aliphatic carbocycles. The van der Waals surface area contributed by atoms with Gasteiger partial charge in [0.1, 0.15) is 0 Å². The summed E-state index contributed by atoms with van der Waals surface area (Å²) in [7, 11) is 1.77. The quantitative estimate of drug-likeness (QED) is 0.118. The maximum Gasteiger partial charge on any atom is 0.233 e. The smallest absolute Gasteiger partial charge is 0.233 e. The largest absolute Gasteiger partial charge is 0.364 e. The normalized spacial score (nSPS) is 24.4. The molecule has 1 heterocycles. The van der Waals surface area contributed by atoms with Crippen LogP contribution < -0.4 is 10.6 Å². The lowest BCUT2D eigenvalue weighted by atomic mass is 9.85. The highest BCUT2D eigenvalue weighted by molar-refractivity contribution is 6.06. The number of hydrogen-bond donors (Lipinski definition) is 2. The predicted molar refractivity (Wildman–Crippen MR) is 126 cm³/mol. The van der Waals surface area contributed by atoms with Crippen molar-refractivity contribution < 1.29 is 23.9 Å². The van der Waals surface area contributed by atoms with Crippen molar-refractivity contribution in [3.8, 4) is 12.3 Å². The minimum Gasteiger partial charge on any atom is -0.364 e. The van der Waals surface area contributed by atoms with E-state index in [4.69, 9.17) is 11.2 Å². The van der Waals surface area contributed by atoms with Crippen molar-refractivity contribution in [1.82, 2.24) is 20.4 Å². The lowest BCUT2D eigenvalue weighted by Gasteiger charge is -2.20. The number of ether oxygens (including phenoxy) is 1. The Bertz CT molecular complexity index is 806. The number of fused-ring (bicyclic) bond motifs is 5. The fourth-order valence-corrected chi connectivity index (χ4v) is 5.23. The van der Waals surface area contributed by atoms with Crippen molar-refractivity contribution in [1.29, 1.82) is 0 Å². The molecule has 2 N–H and O–H groups in total. The van der Waals surface area contributed by atoms with Crippen LogP contribution in [-0.2, 0) is 23.9 Å². The van der Waals surface area contributed by atoms with E-state index >= 15 is 0 Å². The van der Waals surface area contributed by atoms with Gasteiger partial charge in [-0.15, -0.1) is 6.42 Å². The van der Waals surface area contributed by atoms with Gasteiger partial charge in [-0.3, -0.25) is 29.4 Å². The summed E-state index contributed by atoms with van der Waals surface area (Å²) in [5, 5.41) is 5.60. The van der Waals surface area contributed by atoms with Crippen LogP contribution in [0.25, 0.3) is 0 Å². The maximum absolute atomic E-state index is 12.7. The van der Waals surface area contributed by atoms with Gasteiger partial charge in [-0.05, 0) is 38.1 Å². The van der Waals surface area contributed by atoms with Crippen molar-refractivity contribution in [2.45, 2.75) is 38.5 Å². The van der Waals surface area contributed by atoms with E-state index in [-0.39, 0.29) is 66.8 Å². The first-order valence-corrected chi connectivity index (χ1v) is 12.2. The Morgan fingerprint density at radius 2 is 1.85 bits per heavy atom. The van der Waals surface area contributed by atoms with E-state index in [9.17, 15) is 19.2 Å². The van der Waals surface area contributed by atoms with Crippen LogP contribution in [-0.4, -0.2) is 80.0 Å². The van der Waals surface area contributed by atoms with Crippen LogP contribution in [0.1, 0.15) is 38.5 Å². The average molecular weight is 473 g/mol. The Balaban J connectivity index is 1.31. The molecule has 3 rings (SSSR count). The SMILES string of the molecule is C#CCN(CCC(=O)NCCOCNC)C(=O)CCCCCN1C(=O)[C@@H]2[C@H](C1=O)[C@H]1C=C[C@@H]2C1. The monoisotopic (exact) mass is 472 g/mol. The Morgan fingerprint density at radius 3 is 2.50 bits per heavy atom. The third kappa shape index (κ3) is 6.24. The lowest BCUT2D eigenvalue weighted by Crippen LogP contribution is -2.36. The molecule has 0 spiro atoms. The fourth-order valence-electron chi connectivity index (χ4n) is 5.23. The van der Waals surface area contributed by atoms with Crippen molar-refractivity contribution in [2.24, 2.45) is 23.7 Å². The lowest BCUT2D eigenvalue weighted by molar-refractivity contribution is -0.141. The zero-order valence-electron chi connectivity index (χ0n) is 20.0. The molecule has 0 aromatic carbocycles. The molecule has 1 aliphatic heterocycles. The third-order valence-corrected chi connectivity index (χ3v) is 6.89. The zero-order chi connectivity index (χ0) is 24.5. The summed E-state index contributed by atoms with van der Waals surface area (Å²) in [6.07, 6.45) is 13.1. The number of likely N-dealkylation sites (tertiary alicyclic amines) is 1. The predicted octanol–water partition coefficient (Wildman–Crippen LogP) is 0.516. The fraction of sp³-hybridized carbons (Fsp3) is 0.680. The molecule has 4 amide bonds. The number of allylic oxidation sites excluding steroid dienone is 2. The van der Waals surface area contributed by atoms with E-state index in [2.05, 4.69) is 28.7 Å². The molecule has 2 fully saturated rings. The van der Waals surface area contributed by atoms with Gasteiger partial charge in [0.05, 0.1) is 31.7 Å². The molecular weight excluding hydrogens is 436 g/mol. The molecule has 186 valence electrons. The van der Waals surface area contributed by atoms with Crippen LogP contribution in [0.3, 0.4) is 0 Å². The second kappa shape index (κ2) is 12.7. The van der Waals surface area contributed by atoms with Gasteiger partial charge in [0, 0.05) is 32.5 Å². The van der Waals surface area contributed by atoms with Crippen molar-refractivity contribution in [2.75, 3.05) is 46.6 Å². The molecule has 3 aliphatic rings. The Morgan fingerprint density at radius 1 is 1.15 bits per heavy atom. The zero-order valence-corrected chi connectivity index (χ0v) is 20.0. The van der Waals surface area contributed by atoms with Gasteiger partial charge in [0.2, 0.25) is 23.6 Å². The van der Waals surface area contributed by atoms with Gasteiger partial charge >= 0.3 is 0 Å². The Kier molecular flexibility index (Phi) is 9.66. The second-order valence-corrected chi connectivity index (χ2v) is 9.16. The van der Waals surface area contributed by atoms with Crippen LogP contribution in [0, 0.1) is 36.0 Å². The van der Waals surface area contributed by atoms with Crippen molar-refractivity contribution in [3.63, 3.8) is 0 Å². The number of amides is 4. The number of nitrogens with one attached hydrogen (secondary N) is 2. The van der Waals surface area contributed by atoms with Crippen LogP contribution in [0.5, 0.6) is 0 Å². The topological polar surface area (TPSA) is 108 Å². The molecule has 9 heteroatoms. The summed E-state index contributed by atoms with van der Waals surface area (Å²) in [5.74, 6) is 2.34. The molecule has 1 saturated carbocycles. The number of unbranched alkanes of at least 4 members (excludes halogenated alkanes) is 2. The van der Waals surface area contributed by atoms with E-state index < -0.39 is 0 Å². The van der Waals surface area contributed by atoms with Crippen LogP contribution in [0.2, 0.25) is 0 Å². The number of hydrogen-bond acceptors (Lipinski definition) is 6. The summed E-state index contributed by atoms with van der Waals surface area (Å²) in [4.78, 5) is 52.9. The van der Waals surface area contributed by atoms with Gasteiger partial charge in [0.25, 0.3) is 0 Å². The van der Waals surface area contributed by atoms with Gasteiger partial charge in [-0.2, -0.15) is 0 Å². The Labute approximate surface area is 201 Å². The van der Waals surface area contributed by atoms with E-state index in [1.165, 1.54) is 9.80 Å². The van der Waals surface area contributed by atoms with Crippen LogP contribution >= 0.6 is 0 Å². The highest BCUT2D eigenvalue weighted by atomic mass is 16.5. The van der Waals surface area contributed by atoms with E-state index in [1.54, 1.807) is 7.05 Å². The van der Waals surface area contributed by atoms with Crippen molar-refractivity contribution >= 4 is 23.6 Å². The molecule has 1 saturated heterocycles. The number of rotatable bonds is 15. The summed E-state index contributed by atoms with van der Waals surface area (Å²) >= 11 is 0. The first-order valence-electron chi connectivity index (χ1n) is 12.2. The first-order chi connectivity index (χ1) is 16.5. The Hall–Kier alpha value is -2.70. The van der Waals surface area contributed by atoms with Crippen molar-refractivity contribution in [3.05, 3.63) is 12.2 Å². The summed E-state index contributed by atoms with van der Waals surface area (Å²) in [6.45, 7) is 2.09. The summed E-state index contributed by atoms with van der Waals surface area (Å²) in [6, 6.07) is 0. The molecule has 0 unspecified atom stereocenters.